The third-order valence-electron chi connectivity index (χ3n) is 4.53. The lowest BCUT2D eigenvalue weighted by Crippen LogP contribution is -2.30. The summed E-state index contributed by atoms with van der Waals surface area (Å²) >= 11 is 0. The van der Waals surface area contributed by atoms with Crippen LogP contribution in [0.15, 0.2) is 54.4 Å². The fourth-order valence-electron chi connectivity index (χ4n) is 3.36. The first-order valence-corrected chi connectivity index (χ1v) is 9.39. The number of aliphatic hydroxyl groups is 1. The van der Waals surface area contributed by atoms with Gasteiger partial charge in [-0.25, -0.2) is 0 Å². The average molecular weight is 380 g/mol. The van der Waals surface area contributed by atoms with Gasteiger partial charge in [0.2, 0.25) is 0 Å². The molecule has 28 heavy (non-hydrogen) atoms. The number of rotatable bonds is 6. The highest BCUT2D eigenvalue weighted by atomic mass is 16.5. The molecule has 6 heteroatoms. The Labute approximate surface area is 164 Å². The van der Waals surface area contributed by atoms with Crippen molar-refractivity contribution in [1.29, 1.82) is 0 Å². The van der Waals surface area contributed by atoms with Gasteiger partial charge in [0.25, 0.3) is 11.7 Å². The maximum absolute atomic E-state index is 12.8. The molecule has 0 radical (unpaired) electrons. The molecule has 1 aliphatic rings. The second kappa shape index (κ2) is 8.25. The minimum absolute atomic E-state index is 0.0447. The highest BCUT2D eigenvalue weighted by molar-refractivity contribution is 6.46. The molecule has 3 rings (SSSR count). The number of pyridine rings is 1. The summed E-state index contributed by atoms with van der Waals surface area (Å²) in [5.41, 5.74) is 1.30. The zero-order valence-electron chi connectivity index (χ0n) is 16.3. The van der Waals surface area contributed by atoms with Crippen LogP contribution in [0.2, 0.25) is 0 Å². The van der Waals surface area contributed by atoms with Gasteiger partial charge in [0.15, 0.2) is 0 Å². The van der Waals surface area contributed by atoms with Crippen molar-refractivity contribution in [2.45, 2.75) is 39.3 Å². The number of benzene rings is 1. The molecule has 6 nitrogen and oxygen atoms in total. The largest absolute Gasteiger partial charge is 0.507 e. The molecule has 1 fully saturated rings. The molecule has 1 atom stereocenters. The van der Waals surface area contributed by atoms with E-state index < -0.39 is 17.7 Å². The number of amides is 1. The maximum atomic E-state index is 12.8. The molecule has 1 unspecified atom stereocenters. The summed E-state index contributed by atoms with van der Waals surface area (Å²) < 4.78 is 5.68. The Hall–Kier alpha value is -3.15. The van der Waals surface area contributed by atoms with Crippen molar-refractivity contribution in [2.75, 3.05) is 6.54 Å². The van der Waals surface area contributed by atoms with E-state index in [1.54, 1.807) is 12.1 Å². The Bertz CT molecular complexity index is 889. The van der Waals surface area contributed by atoms with Crippen molar-refractivity contribution in [3.63, 3.8) is 0 Å². The van der Waals surface area contributed by atoms with E-state index in [1.165, 1.54) is 17.3 Å². The molecular weight excluding hydrogens is 356 g/mol. The van der Waals surface area contributed by atoms with Crippen molar-refractivity contribution in [2.24, 2.45) is 0 Å². The number of ether oxygens (including phenoxy) is 1. The molecule has 1 N–H and O–H groups in total. The highest BCUT2D eigenvalue weighted by Gasteiger charge is 2.45. The summed E-state index contributed by atoms with van der Waals surface area (Å²) in [5.74, 6) is -0.743. The van der Waals surface area contributed by atoms with Crippen LogP contribution in [0.4, 0.5) is 0 Å². The van der Waals surface area contributed by atoms with Crippen LogP contribution >= 0.6 is 0 Å². The third-order valence-corrected chi connectivity index (χ3v) is 4.53. The second-order valence-electron chi connectivity index (χ2n) is 6.96. The summed E-state index contributed by atoms with van der Waals surface area (Å²) in [5, 5.41) is 10.8. The van der Waals surface area contributed by atoms with E-state index in [0.717, 1.165) is 5.56 Å². The number of aliphatic hydroxyl groups excluding tert-OH is 1. The monoisotopic (exact) mass is 380 g/mol. The van der Waals surface area contributed by atoms with Gasteiger partial charge in [0, 0.05) is 24.5 Å². The van der Waals surface area contributed by atoms with Crippen LogP contribution in [-0.4, -0.2) is 39.3 Å². The van der Waals surface area contributed by atoms with E-state index in [1.807, 2.05) is 45.0 Å². The Morgan fingerprint density at radius 2 is 1.79 bits per heavy atom. The number of hydrogen-bond acceptors (Lipinski definition) is 5. The fourth-order valence-corrected chi connectivity index (χ4v) is 3.36. The van der Waals surface area contributed by atoms with Gasteiger partial charge in [-0.05, 0) is 50.1 Å². The molecule has 2 heterocycles. The van der Waals surface area contributed by atoms with Crippen LogP contribution in [0, 0.1) is 0 Å². The summed E-state index contributed by atoms with van der Waals surface area (Å²) in [6.07, 6.45) is 3.81. The van der Waals surface area contributed by atoms with Crippen molar-refractivity contribution in [3.05, 3.63) is 65.5 Å². The van der Waals surface area contributed by atoms with Crippen LogP contribution in [0.3, 0.4) is 0 Å². The SMILES string of the molecule is CCCN1C(=O)C(=O)/C(=C(\O)c2ccncc2)C1c1ccc(OC(C)C)cc1. The van der Waals surface area contributed by atoms with Crippen LogP contribution in [-0.2, 0) is 9.59 Å². The van der Waals surface area contributed by atoms with Crippen molar-refractivity contribution in [1.82, 2.24) is 9.88 Å². The van der Waals surface area contributed by atoms with Crippen molar-refractivity contribution >= 4 is 17.4 Å². The normalized spacial score (nSPS) is 18.7. The zero-order valence-corrected chi connectivity index (χ0v) is 16.3. The van der Waals surface area contributed by atoms with Gasteiger partial charge in [0.05, 0.1) is 17.7 Å². The number of ketones is 1. The van der Waals surface area contributed by atoms with Crippen LogP contribution in [0.5, 0.6) is 5.75 Å². The number of hydrogen-bond donors (Lipinski definition) is 1. The van der Waals surface area contributed by atoms with E-state index in [0.29, 0.717) is 24.3 Å². The van der Waals surface area contributed by atoms with Crippen molar-refractivity contribution < 1.29 is 19.4 Å². The van der Waals surface area contributed by atoms with Gasteiger partial charge in [-0.3, -0.25) is 14.6 Å². The molecule has 0 bridgehead atoms. The average Bonchev–Trinajstić information content (AvgIpc) is 2.93. The van der Waals surface area contributed by atoms with Crippen LogP contribution in [0.1, 0.15) is 44.4 Å². The fraction of sp³-hybridized carbons (Fsp3) is 0.318. The molecule has 0 saturated carbocycles. The van der Waals surface area contributed by atoms with Crippen LogP contribution < -0.4 is 4.74 Å². The topological polar surface area (TPSA) is 79.7 Å². The second-order valence-corrected chi connectivity index (χ2v) is 6.96. The first-order valence-electron chi connectivity index (χ1n) is 9.39. The quantitative estimate of drug-likeness (QED) is 0.470. The van der Waals surface area contributed by atoms with E-state index in [2.05, 4.69) is 4.98 Å². The first kappa shape index (κ1) is 19.6. The Kier molecular flexibility index (Phi) is 5.78. The lowest BCUT2D eigenvalue weighted by Gasteiger charge is -2.25. The molecule has 1 aliphatic heterocycles. The standard InChI is InChI=1S/C22H24N2O4/c1-4-13-24-19(15-5-7-17(8-6-15)28-14(2)3)18(21(26)22(24)27)20(25)16-9-11-23-12-10-16/h5-12,14,19,25H,4,13H2,1-3H3/b20-18-. The minimum atomic E-state index is -0.671. The van der Waals surface area contributed by atoms with E-state index >= 15 is 0 Å². The van der Waals surface area contributed by atoms with Gasteiger partial charge < -0.3 is 14.7 Å². The Balaban J connectivity index is 2.09. The van der Waals surface area contributed by atoms with Crippen molar-refractivity contribution in [3.8, 4) is 5.75 Å². The lowest BCUT2D eigenvalue weighted by molar-refractivity contribution is -0.139. The molecule has 1 aromatic heterocycles. The third kappa shape index (κ3) is 3.76. The van der Waals surface area contributed by atoms with Gasteiger partial charge in [-0.15, -0.1) is 0 Å². The summed E-state index contributed by atoms with van der Waals surface area (Å²) in [6.45, 7) is 6.25. The Morgan fingerprint density at radius 1 is 1.14 bits per heavy atom. The van der Waals surface area contributed by atoms with E-state index in [-0.39, 0.29) is 17.4 Å². The Morgan fingerprint density at radius 3 is 2.36 bits per heavy atom. The van der Waals surface area contributed by atoms with Gasteiger partial charge in [-0.2, -0.15) is 0 Å². The van der Waals surface area contributed by atoms with Gasteiger partial charge in [0.1, 0.15) is 11.5 Å². The number of Topliss-reactive ketones (excluding diaryl/α,β-unsaturated/α-hetero) is 1. The molecule has 146 valence electrons. The number of likely N-dealkylation sites (tertiary alicyclic amines) is 1. The predicted molar refractivity (Wildman–Crippen MR) is 106 cm³/mol. The molecule has 2 aromatic rings. The molecule has 0 spiro atoms. The number of carbonyl (C=O) groups excluding carboxylic acids is 2. The zero-order chi connectivity index (χ0) is 20.3. The number of nitrogens with zero attached hydrogens (tertiary/aromatic N) is 2. The molecule has 0 aliphatic carbocycles. The van der Waals surface area contributed by atoms with Gasteiger partial charge >= 0.3 is 0 Å². The molecule has 1 aromatic carbocycles. The highest BCUT2D eigenvalue weighted by Crippen LogP contribution is 2.39. The number of carbonyl (C=O) groups is 2. The molecule has 1 saturated heterocycles. The molecular formula is C22H24N2O4. The molecule has 1 amide bonds. The van der Waals surface area contributed by atoms with E-state index in [9.17, 15) is 14.7 Å². The lowest BCUT2D eigenvalue weighted by atomic mass is 9.95. The summed E-state index contributed by atoms with van der Waals surface area (Å²) in [6, 6.07) is 9.87. The van der Waals surface area contributed by atoms with Gasteiger partial charge in [-0.1, -0.05) is 19.1 Å². The van der Waals surface area contributed by atoms with E-state index in [4.69, 9.17) is 4.74 Å². The minimum Gasteiger partial charge on any atom is -0.507 e. The smallest absolute Gasteiger partial charge is 0.295 e. The summed E-state index contributed by atoms with van der Waals surface area (Å²) in [7, 11) is 0. The first-order chi connectivity index (χ1) is 13.4. The maximum Gasteiger partial charge on any atom is 0.295 e. The number of aromatic nitrogens is 1. The predicted octanol–water partition coefficient (Wildman–Crippen LogP) is 3.70. The van der Waals surface area contributed by atoms with Crippen LogP contribution in [0.25, 0.3) is 5.76 Å². The summed E-state index contributed by atoms with van der Waals surface area (Å²) in [4.78, 5) is 30.8.